The van der Waals surface area contributed by atoms with E-state index < -0.39 is 26.7 Å². The van der Waals surface area contributed by atoms with Gasteiger partial charge in [-0.1, -0.05) is 6.42 Å². The second kappa shape index (κ2) is 6.77. The first-order valence-corrected chi connectivity index (χ1v) is 8.29. The molecule has 0 saturated heterocycles. The van der Waals surface area contributed by atoms with Gasteiger partial charge < -0.3 is 30.0 Å². The van der Waals surface area contributed by atoms with Gasteiger partial charge in [0.25, 0.3) is 5.08 Å². The van der Waals surface area contributed by atoms with Crippen LogP contribution in [0.5, 0.6) is 0 Å². The molecule has 0 spiro atoms. The standard InChI is InChI=1S/C7H17NO8P2/c9-6-8-5-3-1-2-4-7(10,17(11,12)13)18(14,15)16/h6,10H,1-5H2,(H,8,9)(H2,11,12,13)(H2,14,15,16). The lowest BCUT2D eigenvalue weighted by molar-refractivity contribution is -0.109. The molecule has 0 fully saturated rings. The van der Waals surface area contributed by atoms with Crippen molar-refractivity contribution in [3.63, 3.8) is 0 Å². The number of unbranched alkanes of at least 4 members (excludes halogenated alkanes) is 2. The quantitative estimate of drug-likeness (QED) is 0.185. The van der Waals surface area contributed by atoms with E-state index in [1.165, 1.54) is 0 Å². The van der Waals surface area contributed by atoms with Crippen LogP contribution in [0.25, 0.3) is 0 Å². The zero-order chi connectivity index (χ0) is 14.4. The minimum atomic E-state index is -5.35. The highest BCUT2D eigenvalue weighted by atomic mass is 31.2. The van der Waals surface area contributed by atoms with E-state index >= 15 is 0 Å². The van der Waals surface area contributed by atoms with Crippen molar-refractivity contribution in [1.82, 2.24) is 5.32 Å². The first-order chi connectivity index (χ1) is 8.06. The minimum Gasteiger partial charge on any atom is -0.368 e. The topological polar surface area (TPSA) is 164 Å². The largest absolute Gasteiger partial charge is 0.369 e. The zero-order valence-corrected chi connectivity index (χ0v) is 11.3. The first-order valence-electron chi connectivity index (χ1n) is 5.07. The molecule has 0 aromatic carbocycles. The van der Waals surface area contributed by atoms with E-state index in [9.17, 15) is 19.0 Å². The molecule has 0 saturated carbocycles. The molecule has 0 radical (unpaired) electrons. The molecule has 0 heterocycles. The number of carbonyl (C=O) groups is 1. The Morgan fingerprint density at radius 1 is 1.00 bits per heavy atom. The van der Waals surface area contributed by atoms with E-state index in [1.807, 2.05) is 0 Å². The predicted octanol–water partition coefficient (Wildman–Crippen LogP) is -0.706. The molecule has 18 heavy (non-hydrogen) atoms. The van der Waals surface area contributed by atoms with Crippen molar-refractivity contribution < 1.29 is 38.6 Å². The smallest absolute Gasteiger partial charge is 0.368 e. The molecule has 0 bridgehead atoms. The van der Waals surface area contributed by atoms with Crippen LogP contribution in [0.15, 0.2) is 0 Å². The summed E-state index contributed by atoms with van der Waals surface area (Å²) in [5.74, 6) is 0. The van der Waals surface area contributed by atoms with E-state index in [2.05, 4.69) is 5.32 Å². The lowest BCUT2D eigenvalue weighted by Gasteiger charge is -2.29. The van der Waals surface area contributed by atoms with Crippen molar-refractivity contribution >= 4 is 21.6 Å². The summed E-state index contributed by atoms with van der Waals surface area (Å²) in [5, 5.41) is 8.51. The molecule has 0 aromatic rings. The van der Waals surface area contributed by atoms with E-state index in [4.69, 9.17) is 19.6 Å². The van der Waals surface area contributed by atoms with Crippen molar-refractivity contribution in [3.05, 3.63) is 0 Å². The molecule has 0 unspecified atom stereocenters. The summed E-state index contributed by atoms with van der Waals surface area (Å²) in [7, 11) is -10.7. The summed E-state index contributed by atoms with van der Waals surface area (Å²) in [4.78, 5) is 45.2. The van der Waals surface area contributed by atoms with Gasteiger partial charge in [0.15, 0.2) is 0 Å². The van der Waals surface area contributed by atoms with Gasteiger partial charge >= 0.3 is 15.2 Å². The summed E-state index contributed by atoms with van der Waals surface area (Å²) in [5.41, 5.74) is 0. The van der Waals surface area contributed by atoms with Gasteiger partial charge in [0.2, 0.25) is 6.41 Å². The van der Waals surface area contributed by atoms with E-state index in [-0.39, 0.29) is 6.42 Å². The normalized spacial score (nSPS) is 13.4. The molecule has 0 aliphatic rings. The summed E-state index contributed by atoms with van der Waals surface area (Å²) < 4.78 is 21.9. The van der Waals surface area contributed by atoms with Gasteiger partial charge in [0, 0.05) is 6.54 Å². The summed E-state index contributed by atoms with van der Waals surface area (Å²) in [6, 6.07) is 0. The molecule has 0 rings (SSSR count). The second-order valence-corrected chi connectivity index (χ2v) is 7.75. The Kier molecular flexibility index (Phi) is 6.67. The van der Waals surface area contributed by atoms with Crippen LogP contribution in [0.1, 0.15) is 25.7 Å². The van der Waals surface area contributed by atoms with Crippen LogP contribution in [-0.4, -0.2) is 42.7 Å². The molecule has 0 aliphatic carbocycles. The van der Waals surface area contributed by atoms with Gasteiger partial charge in [-0.15, -0.1) is 0 Å². The highest BCUT2D eigenvalue weighted by molar-refractivity contribution is 7.72. The molecule has 9 nitrogen and oxygen atoms in total. The maximum Gasteiger partial charge on any atom is 0.369 e. The molecule has 11 heteroatoms. The molecular formula is C7H17NO8P2. The third-order valence-corrected chi connectivity index (χ3v) is 6.23. The second-order valence-electron chi connectivity index (χ2n) is 3.75. The van der Waals surface area contributed by atoms with Crippen molar-refractivity contribution in [2.75, 3.05) is 6.54 Å². The van der Waals surface area contributed by atoms with Gasteiger partial charge in [0.1, 0.15) is 0 Å². The highest BCUT2D eigenvalue weighted by Gasteiger charge is 2.58. The Morgan fingerprint density at radius 2 is 1.50 bits per heavy atom. The Bertz CT molecular complexity index is 338. The van der Waals surface area contributed by atoms with Gasteiger partial charge in [-0.25, -0.2) is 0 Å². The fourth-order valence-corrected chi connectivity index (χ4v) is 3.54. The number of nitrogens with one attached hydrogen (secondary N) is 1. The maximum atomic E-state index is 11.0. The first kappa shape index (κ1) is 17.7. The van der Waals surface area contributed by atoms with Crippen LogP contribution in [0.2, 0.25) is 0 Å². The van der Waals surface area contributed by atoms with Gasteiger partial charge in [-0.3, -0.25) is 13.9 Å². The number of amides is 1. The highest BCUT2D eigenvalue weighted by Crippen LogP contribution is 2.69. The van der Waals surface area contributed by atoms with Crippen molar-refractivity contribution in [2.45, 2.75) is 30.8 Å². The lowest BCUT2D eigenvalue weighted by atomic mass is 10.2. The maximum absolute atomic E-state index is 11.0. The van der Waals surface area contributed by atoms with Crippen LogP contribution >= 0.6 is 15.2 Å². The number of aliphatic hydroxyl groups is 1. The number of hydrogen-bond acceptors (Lipinski definition) is 4. The van der Waals surface area contributed by atoms with Crippen LogP contribution in [-0.2, 0) is 13.9 Å². The average Bonchev–Trinajstić information content (AvgIpc) is 2.19. The predicted molar refractivity (Wildman–Crippen MR) is 61.6 cm³/mol. The zero-order valence-electron chi connectivity index (χ0n) is 9.47. The number of carbonyl (C=O) groups excluding carboxylic acids is 1. The molecule has 0 aromatic heterocycles. The fraction of sp³-hybridized carbons (Fsp3) is 0.857. The molecule has 0 atom stereocenters. The van der Waals surface area contributed by atoms with Crippen LogP contribution in [0, 0.1) is 0 Å². The Balaban J connectivity index is 4.44. The lowest BCUT2D eigenvalue weighted by Crippen LogP contribution is -2.28. The third kappa shape index (κ3) is 4.78. The van der Waals surface area contributed by atoms with Crippen LogP contribution in [0.4, 0.5) is 0 Å². The minimum absolute atomic E-state index is 0.00720. The summed E-state index contributed by atoms with van der Waals surface area (Å²) >= 11 is 0. The molecule has 6 N–H and O–H groups in total. The summed E-state index contributed by atoms with van der Waals surface area (Å²) in [6.45, 7) is 0.341. The molecule has 0 aliphatic heterocycles. The van der Waals surface area contributed by atoms with Gasteiger partial charge in [-0.2, -0.15) is 0 Å². The molecule has 108 valence electrons. The Hall–Kier alpha value is -0.270. The van der Waals surface area contributed by atoms with Crippen molar-refractivity contribution in [1.29, 1.82) is 0 Å². The van der Waals surface area contributed by atoms with E-state index in [0.29, 0.717) is 25.8 Å². The van der Waals surface area contributed by atoms with Crippen molar-refractivity contribution in [3.8, 4) is 0 Å². The van der Waals surface area contributed by atoms with Crippen molar-refractivity contribution in [2.24, 2.45) is 0 Å². The Labute approximate surface area is 104 Å². The average molecular weight is 305 g/mol. The molecular weight excluding hydrogens is 288 g/mol. The Morgan fingerprint density at radius 3 is 1.89 bits per heavy atom. The third-order valence-electron chi connectivity index (χ3n) is 2.35. The van der Waals surface area contributed by atoms with Crippen LogP contribution < -0.4 is 5.32 Å². The van der Waals surface area contributed by atoms with E-state index in [0.717, 1.165) is 0 Å². The van der Waals surface area contributed by atoms with Gasteiger partial charge in [0.05, 0.1) is 0 Å². The monoisotopic (exact) mass is 305 g/mol. The SMILES string of the molecule is O=CNCCCCCC(O)(P(=O)(O)O)P(=O)(O)O. The van der Waals surface area contributed by atoms with E-state index in [1.54, 1.807) is 0 Å². The summed E-state index contributed by atoms with van der Waals surface area (Å²) in [6.07, 6.45) is 0.595. The molecule has 1 amide bonds. The number of rotatable bonds is 9. The number of hydrogen-bond donors (Lipinski definition) is 6. The van der Waals surface area contributed by atoms with Gasteiger partial charge in [-0.05, 0) is 19.3 Å². The fourth-order valence-electron chi connectivity index (χ4n) is 1.29. The van der Waals surface area contributed by atoms with Crippen LogP contribution in [0.3, 0.4) is 0 Å².